The van der Waals surface area contributed by atoms with E-state index in [4.69, 9.17) is 9.31 Å². The Balaban J connectivity index is 1.51. The minimum atomic E-state index is -0.375. The predicted octanol–water partition coefficient (Wildman–Crippen LogP) is 6.25. The molecule has 0 atom stereocenters. The van der Waals surface area contributed by atoms with Gasteiger partial charge in [-0.2, -0.15) is 0 Å². The van der Waals surface area contributed by atoms with Gasteiger partial charge in [0, 0.05) is 0 Å². The third-order valence-corrected chi connectivity index (χ3v) is 8.82. The van der Waals surface area contributed by atoms with Gasteiger partial charge in [-0.25, -0.2) is 0 Å². The molecule has 3 aliphatic rings. The summed E-state index contributed by atoms with van der Waals surface area (Å²) in [6.07, 6.45) is 0.970. The van der Waals surface area contributed by atoms with Crippen molar-refractivity contribution >= 4 is 12.6 Å². The molecule has 3 heteroatoms. The highest BCUT2D eigenvalue weighted by Gasteiger charge is 2.53. The van der Waals surface area contributed by atoms with Gasteiger partial charge in [0.25, 0.3) is 0 Å². The van der Waals surface area contributed by atoms with Crippen LogP contribution in [0.25, 0.3) is 11.1 Å². The lowest BCUT2D eigenvalue weighted by molar-refractivity contribution is 0.00578. The van der Waals surface area contributed by atoms with Gasteiger partial charge in [0.1, 0.15) is 0 Å². The number of rotatable bonds is 1. The molecule has 172 valence electrons. The maximum absolute atomic E-state index is 6.43. The highest BCUT2D eigenvalue weighted by molar-refractivity contribution is 6.62. The third-order valence-electron chi connectivity index (χ3n) is 8.82. The summed E-state index contributed by atoms with van der Waals surface area (Å²) in [5.74, 6) is 0. The molecule has 1 fully saturated rings. The highest BCUT2D eigenvalue weighted by Crippen LogP contribution is 2.59. The minimum absolute atomic E-state index is 0.314. The number of hydrogen-bond acceptors (Lipinski definition) is 2. The van der Waals surface area contributed by atoms with Gasteiger partial charge in [-0.1, -0.05) is 91.0 Å². The fourth-order valence-corrected chi connectivity index (χ4v) is 6.44. The van der Waals surface area contributed by atoms with Crippen molar-refractivity contribution in [3.05, 3.63) is 124 Å². The Morgan fingerprint density at radius 1 is 0.571 bits per heavy atom. The molecule has 1 aliphatic heterocycles. The van der Waals surface area contributed by atoms with E-state index in [0.29, 0.717) is 0 Å². The topological polar surface area (TPSA) is 18.5 Å². The first-order valence-corrected chi connectivity index (χ1v) is 12.6. The summed E-state index contributed by atoms with van der Waals surface area (Å²) < 4.78 is 12.9. The Kier molecular flexibility index (Phi) is 4.21. The first kappa shape index (κ1) is 21.2. The van der Waals surface area contributed by atoms with Gasteiger partial charge >= 0.3 is 7.12 Å². The van der Waals surface area contributed by atoms with Gasteiger partial charge in [0.05, 0.1) is 16.6 Å². The number of benzene rings is 4. The van der Waals surface area contributed by atoms with Crippen molar-refractivity contribution in [1.29, 1.82) is 0 Å². The van der Waals surface area contributed by atoms with Crippen molar-refractivity contribution in [2.45, 2.75) is 50.7 Å². The molecule has 4 aromatic carbocycles. The SMILES string of the molecule is CC1(C)OB(c2ccc3c(c2)-c2ccccc2C32c3ccccc3Cc3ccccc32)OC1(C)C. The van der Waals surface area contributed by atoms with Gasteiger partial charge < -0.3 is 9.31 Å². The van der Waals surface area contributed by atoms with Crippen LogP contribution in [-0.4, -0.2) is 18.3 Å². The van der Waals surface area contributed by atoms with Gasteiger partial charge in [-0.15, -0.1) is 0 Å². The van der Waals surface area contributed by atoms with Crippen LogP contribution < -0.4 is 5.46 Å². The van der Waals surface area contributed by atoms with E-state index in [0.717, 1.165) is 11.9 Å². The van der Waals surface area contributed by atoms with Crippen LogP contribution in [0, 0.1) is 0 Å². The quantitative estimate of drug-likeness (QED) is 0.272. The van der Waals surface area contributed by atoms with E-state index in [-0.39, 0.29) is 23.7 Å². The first-order valence-electron chi connectivity index (χ1n) is 12.6. The molecule has 0 radical (unpaired) electrons. The molecule has 1 heterocycles. The largest absolute Gasteiger partial charge is 0.494 e. The number of hydrogen-bond donors (Lipinski definition) is 0. The van der Waals surface area contributed by atoms with Crippen LogP contribution in [-0.2, 0) is 21.1 Å². The smallest absolute Gasteiger partial charge is 0.399 e. The molecule has 0 unspecified atom stereocenters. The molecule has 7 rings (SSSR count). The van der Waals surface area contributed by atoms with Gasteiger partial charge in [-0.05, 0) is 84.1 Å². The van der Waals surface area contributed by atoms with Crippen molar-refractivity contribution < 1.29 is 9.31 Å². The molecule has 4 aromatic rings. The molecule has 0 saturated carbocycles. The lowest BCUT2D eigenvalue weighted by Gasteiger charge is -2.40. The van der Waals surface area contributed by atoms with Crippen molar-refractivity contribution in [2.24, 2.45) is 0 Å². The Morgan fingerprint density at radius 3 is 1.71 bits per heavy atom. The zero-order valence-corrected chi connectivity index (χ0v) is 20.8. The van der Waals surface area contributed by atoms with Gasteiger partial charge in [0.2, 0.25) is 0 Å². The lowest BCUT2D eigenvalue weighted by Crippen LogP contribution is -2.41. The molecule has 2 aliphatic carbocycles. The van der Waals surface area contributed by atoms with Crippen LogP contribution in [0.15, 0.2) is 91.0 Å². The highest BCUT2D eigenvalue weighted by atomic mass is 16.7. The summed E-state index contributed by atoms with van der Waals surface area (Å²) in [5.41, 5.74) is 10.9. The standard InChI is InChI=1S/C32H29BO2/c1-30(2)31(3,4)35-33(34-30)23-17-18-29-25(20-23)24-13-7-10-16-28(24)32(29)26-14-8-5-11-21(26)19-22-12-6-9-15-27(22)32/h5-18,20H,19H2,1-4H3. The van der Waals surface area contributed by atoms with Crippen molar-refractivity contribution in [3.63, 3.8) is 0 Å². The molecule has 0 amide bonds. The predicted molar refractivity (Wildman–Crippen MR) is 142 cm³/mol. The summed E-state index contributed by atoms with van der Waals surface area (Å²) in [6, 6.07) is 33.8. The zero-order chi connectivity index (χ0) is 24.0. The molecular weight excluding hydrogens is 427 g/mol. The molecule has 0 aromatic heterocycles. The monoisotopic (exact) mass is 456 g/mol. The Morgan fingerprint density at radius 2 is 1.09 bits per heavy atom. The Hall–Kier alpha value is -3.14. The lowest BCUT2D eigenvalue weighted by atomic mass is 9.61. The molecule has 2 nitrogen and oxygen atoms in total. The van der Waals surface area contributed by atoms with Crippen LogP contribution in [0.5, 0.6) is 0 Å². The van der Waals surface area contributed by atoms with Crippen LogP contribution in [0.1, 0.15) is 61.1 Å². The second-order valence-electron chi connectivity index (χ2n) is 11.2. The average Bonchev–Trinajstić information content (AvgIpc) is 3.26. The maximum atomic E-state index is 6.43. The van der Waals surface area contributed by atoms with Crippen LogP contribution >= 0.6 is 0 Å². The third kappa shape index (κ3) is 2.69. The summed E-state index contributed by atoms with van der Waals surface area (Å²) in [7, 11) is -0.375. The normalized spacial score (nSPS) is 19.7. The second kappa shape index (κ2) is 6.97. The summed E-state index contributed by atoms with van der Waals surface area (Å²) in [4.78, 5) is 0. The maximum Gasteiger partial charge on any atom is 0.494 e. The van der Waals surface area contributed by atoms with Gasteiger partial charge in [-0.3, -0.25) is 0 Å². The van der Waals surface area contributed by atoms with Crippen LogP contribution in [0.2, 0.25) is 0 Å². The Bertz CT molecular complexity index is 1440. The van der Waals surface area contributed by atoms with Crippen molar-refractivity contribution in [3.8, 4) is 11.1 Å². The number of fused-ring (bicyclic) bond motifs is 9. The van der Waals surface area contributed by atoms with E-state index < -0.39 is 0 Å². The van der Waals surface area contributed by atoms with Gasteiger partial charge in [0.15, 0.2) is 0 Å². The fourth-order valence-electron chi connectivity index (χ4n) is 6.44. The van der Waals surface area contributed by atoms with E-state index in [1.807, 2.05) is 0 Å². The molecule has 1 spiro atoms. The van der Waals surface area contributed by atoms with Crippen molar-refractivity contribution in [1.82, 2.24) is 0 Å². The Labute approximate surface area is 208 Å². The first-order chi connectivity index (χ1) is 16.8. The minimum Gasteiger partial charge on any atom is -0.399 e. The van der Waals surface area contributed by atoms with E-state index >= 15 is 0 Å². The molecule has 0 bridgehead atoms. The molecular formula is C32H29BO2. The molecule has 0 N–H and O–H groups in total. The van der Waals surface area contributed by atoms with E-state index in [9.17, 15) is 0 Å². The molecule has 1 saturated heterocycles. The van der Waals surface area contributed by atoms with Crippen LogP contribution in [0.4, 0.5) is 0 Å². The fraction of sp³-hybridized carbons (Fsp3) is 0.250. The average molecular weight is 456 g/mol. The van der Waals surface area contributed by atoms with Crippen molar-refractivity contribution in [2.75, 3.05) is 0 Å². The second-order valence-corrected chi connectivity index (χ2v) is 11.2. The van der Waals surface area contributed by atoms with E-state index in [1.54, 1.807) is 0 Å². The van der Waals surface area contributed by atoms with Crippen LogP contribution in [0.3, 0.4) is 0 Å². The summed E-state index contributed by atoms with van der Waals surface area (Å²) >= 11 is 0. The van der Waals surface area contributed by atoms with E-state index in [2.05, 4.69) is 119 Å². The summed E-state index contributed by atoms with van der Waals surface area (Å²) in [5, 5.41) is 0. The summed E-state index contributed by atoms with van der Waals surface area (Å²) in [6.45, 7) is 8.45. The van der Waals surface area contributed by atoms with E-state index in [1.165, 1.54) is 44.5 Å². The zero-order valence-electron chi connectivity index (χ0n) is 20.8. The molecule has 35 heavy (non-hydrogen) atoms.